The molecule has 2 aromatic rings. The Morgan fingerprint density at radius 1 is 1.31 bits per heavy atom. The Morgan fingerprint density at radius 3 is 2.85 bits per heavy atom. The van der Waals surface area contributed by atoms with Crippen molar-refractivity contribution in [3.8, 4) is 5.75 Å². The number of nitrogens with two attached hydrogens (primary N) is 1. The topological polar surface area (TPSA) is 59.1 Å². The van der Waals surface area contributed by atoms with Crippen LogP contribution in [0.15, 0.2) is 24.4 Å². The van der Waals surface area contributed by atoms with Gasteiger partial charge in [0.1, 0.15) is 5.75 Å². The Hall–Kier alpha value is -1.77. The van der Waals surface area contributed by atoms with Crippen LogP contribution in [0.5, 0.6) is 5.75 Å². The number of aryl methyl sites for hydroxylation is 1. The van der Waals surface area contributed by atoms with Gasteiger partial charge in [-0.05, 0) is 30.7 Å². The molecule has 0 aliphatic carbocycles. The van der Waals surface area contributed by atoms with Crippen molar-refractivity contribution < 1.29 is 5.11 Å². The molecule has 3 heteroatoms. The third-order valence-electron chi connectivity index (χ3n) is 2.13. The van der Waals surface area contributed by atoms with Crippen molar-refractivity contribution in [2.45, 2.75) is 6.92 Å². The summed E-state index contributed by atoms with van der Waals surface area (Å²) in [6.45, 7) is 1.94. The second-order valence-electron chi connectivity index (χ2n) is 3.02. The van der Waals surface area contributed by atoms with E-state index in [0.717, 1.165) is 16.5 Å². The highest BCUT2D eigenvalue weighted by Crippen LogP contribution is 2.30. The van der Waals surface area contributed by atoms with Gasteiger partial charge < -0.3 is 10.8 Å². The summed E-state index contributed by atoms with van der Waals surface area (Å²) in [5.41, 5.74) is 7.98. The van der Waals surface area contributed by atoms with Crippen molar-refractivity contribution in [2.75, 3.05) is 5.73 Å². The first kappa shape index (κ1) is 7.86. The number of anilines is 1. The maximum Gasteiger partial charge on any atom is 0.139 e. The second kappa shape index (κ2) is 2.62. The lowest BCUT2D eigenvalue weighted by atomic mass is 10.1. The number of pyridine rings is 1. The maximum atomic E-state index is 9.39. The minimum absolute atomic E-state index is 0.114. The number of fused-ring (bicyclic) bond motifs is 1. The molecule has 0 aliphatic rings. The van der Waals surface area contributed by atoms with E-state index in [1.54, 1.807) is 18.3 Å². The minimum atomic E-state index is 0.114. The molecule has 66 valence electrons. The molecule has 0 saturated carbocycles. The second-order valence-corrected chi connectivity index (χ2v) is 3.02. The van der Waals surface area contributed by atoms with E-state index in [-0.39, 0.29) is 5.75 Å². The van der Waals surface area contributed by atoms with Crippen molar-refractivity contribution in [1.29, 1.82) is 0 Å². The first-order valence-corrected chi connectivity index (χ1v) is 4.03. The number of phenols is 1. The van der Waals surface area contributed by atoms with Gasteiger partial charge in [0, 0.05) is 11.6 Å². The fraction of sp³-hybridized carbons (Fsp3) is 0.100. The van der Waals surface area contributed by atoms with Crippen LogP contribution in [0.3, 0.4) is 0 Å². The summed E-state index contributed by atoms with van der Waals surface area (Å²) >= 11 is 0. The fourth-order valence-corrected chi connectivity index (χ4v) is 1.43. The van der Waals surface area contributed by atoms with Gasteiger partial charge in [-0.2, -0.15) is 0 Å². The molecule has 1 aromatic heterocycles. The number of benzene rings is 1. The van der Waals surface area contributed by atoms with E-state index in [1.165, 1.54) is 0 Å². The fourth-order valence-electron chi connectivity index (χ4n) is 1.43. The molecule has 0 aliphatic heterocycles. The zero-order chi connectivity index (χ0) is 9.42. The number of hydrogen-bond acceptors (Lipinski definition) is 3. The Balaban J connectivity index is 2.97. The first-order chi connectivity index (χ1) is 6.20. The molecule has 0 amide bonds. The lowest BCUT2D eigenvalue weighted by molar-refractivity contribution is 0.478. The van der Waals surface area contributed by atoms with E-state index in [0.29, 0.717) is 5.69 Å². The van der Waals surface area contributed by atoms with E-state index < -0.39 is 0 Å². The molecule has 0 fully saturated rings. The summed E-state index contributed by atoms with van der Waals surface area (Å²) in [5.74, 6) is 0.114. The normalized spacial score (nSPS) is 10.5. The lowest BCUT2D eigenvalue weighted by Gasteiger charge is -2.05. The highest BCUT2D eigenvalue weighted by molar-refractivity contribution is 5.95. The Morgan fingerprint density at radius 2 is 2.08 bits per heavy atom. The van der Waals surface area contributed by atoms with E-state index in [1.807, 2.05) is 13.0 Å². The third kappa shape index (κ3) is 1.09. The van der Waals surface area contributed by atoms with E-state index in [4.69, 9.17) is 5.73 Å². The van der Waals surface area contributed by atoms with Crippen molar-refractivity contribution in [1.82, 2.24) is 4.98 Å². The van der Waals surface area contributed by atoms with E-state index in [9.17, 15) is 5.11 Å². The molecule has 3 nitrogen and oxygen atoms in total. The quantitative estimate of drug-likeness (QED) is 0.473. The SMILES string of the molecule is Cc1ccnc2ccc(O)c(N)c12. The Bertz CT molecular complexity index is 466. The third-order valence-corrected chi connectivity index (χ3v) is 2.13. The van der Waals surface area contributed by atoms with Crippen LogP contribution in [-0.4, -0.2) is 10.1 Å². The highest BCUT2D eigenvalue weighted by Gasteiger charge is 2.05. The van der Waals surface area contributed by atoms with Crippen LogP contribution in [0.1, 0.15) is 5.56 Å². The Labute approximate surface area is 75.8 Å². The number of nitrogen functional groups attached to an aromatic ring is 1. The van der Waals surface area contributed by atoms with Gasteiger partial charge in [-0.3, -0.25) is 4.98 Å². The molecule has 0 saturated heterocycles. The molecule has 0 spiro atoms. The predicted octanol–water partition coefficient (Wildman–Crippen LogP) is 1.83. The van der Waals surface area contributed by atoms with Crippen LogP contribution in [-0.2, 0) is 0 Å². The first-order valence-electron chi connectivity index (χ1n) is 4.03. The van der Waals surface area contributed by atoms with Gasteiger partial charge in [0.2, 0.25) is 0 Å². The maximum absolute atomic E-state index is 9.39. The Kier molecular flexibility index (Phi) is 1.59. The summed E-state index contributed by atoms with van der Waals surface area (Å²) in [6.07, 6.45) is 1.73. The van der Waals surface area contributed by atoms with Gasteiger partial charge >= 0.3 is 0 Å². The smallest absolute Gasteiger partial charge is 0.139 e. The largest absolute Gasteiger partial charge is 0.506 e. The number of nitrogens with zero attached hydrogens (tertiary/aromatic N) is 1. The number of rotatable bonds is 0. The molecule has 2 rings (SSSR count). The van der Waals surface area contributed by atoms with E-state index in [2.05, 4.69) is 4.98 Å². The van der Waals surface area contributed by atoms with Crippen LogP contribution in [0.2, 0.25) is 0 Å². The summed E-state index contributed by atoms with van der Waals surface area (Å²) < 4.78 is 0. The predicted molar refractivity (Wildman–Crippen MR) is 52.6 cm³/mol. The van der Waals surface area contributed by atoms with Gasteiger partial charge in [0.25, 0.3) is 0 Å². The van der Waals surface area contributed by atoms with Crippen LogP contribution >= 0.6 is 0 Å². The zero-order valence-electron chi connectivity index (χ0n) is 7.28. The van der Waals surface area contributed by atoms with Crippen LogP contribution < -0.4 is 5.73 Å². The number of phenolic OH excluding ortho intramolecular Hbond substituents is 1. The van der Waals surface area contributed by atoms with Crippen LogP contribution in [0.25, 0.3) is 10.9 Å². The van der Waals surface area contributed by atoms with Crippen molar-refractivity contribution in [2.24, 2.45) is 0 Å². The molecular weight excluding hydrogens is 164 g/mol. The van der Waals surface area contributed by atoms with Gasteiger partial charge in [-0.1, -0.05) is 0 Å². The number of aromatic hydroxyl groups is 1. The molecule has 3 N–H and O–H groups in total. The molecule has 0 unspecified atom stereocenters. The summed E-state index contributed by atoms with van der Waals surface area (Å²) in [4.78, 5) is 4.15. The minimum Gasteiger partial charge on any atom is -0.506 e. The highest BCUT2D eigenvalue weighted by atomic mass is 16.3. The zero-order valence-corrected chi connectivity index (χ0v) is 7.28. The van der Waals surface area contributed by atoms with Gasteiger partial charge in [0.05, 0.1) is 11.2 Å². The molecule has 0 bridgehead atoms. The molecular formula is C10H10N2O. The van der Waals surface area contributed by atoms with Gasteiger partial charge in [-0.15, -0.1) is 0 Å². The van der Waals surface area contributed by atoms with E-state index >= 15 is 0 Å². The van der Waals surface area contributed by atoms with Gasteiger partial charge in [0.15, 0.2) is 0 Å². The van der Waals surface area contributed by atoms with Crippen molar-refractivity contribution >= 4 is 16.6 Å². The molecule has 1 aromatic carbocycles. The van der Waals surface area contributed by atoms with Crippen LogP contribution in [0, 0.1) is 6.92 Å². The van der Waals surface area contributed by atoms with Gasteiger partial charge in [-0.25, -0.2) is 0 Å². The molecule has 1 heterocycles. The van der Waals surface area contributed by atoms with Crippen molar-refractivity contribution in [3.05, 3.63) is 30.0 Å². The summed E-state index contributed by atoms with van der Waals surface area (Å²) in [7, 11) is 0. The summed E-state index contributed by atoms with van der Waals surface area (Å²) in [5, 5.41) is 10.2. The summed E-state index contributed by atoms with van der Waals surface area (Å²) in [6, 6.07) is 5.19. The lowest BCUT2D eigenvalue weighted by Crippen LogP contribution is -1.91. The number of hydrogen-bond donors (Lipinski definition) is 2. The van der Waals surface area contributed by atoms with Crippen molar-refractivity contribution in [3.63, 3.8) is 0 Å². The van der Waals surface area contributed by atoms with Crippen LogP contribution in [0.4, 0.5) is 5.69 Å². The molecule has 0 atom stereocenters. The standard InChI is InChI=1S/C10H10N2O/c1-6-4-5-12-7-2-3-8(13)10(11)9(6)7/h2-5,13H,11H2,1H3. The molecule has 0 radical (unpaired) electrons. The monoisotopic (exact) mass is 174 g/mol. The average Bonchev–Trinajstić information content (AvgIpc) is 2.12. The molecule has 13 heavy (non-hydrogen) atoms. The number of aromatic nitrogens is 1. The average molecular weight is 174 g/mol.